The third-order valence-electron chi connectivity index (χ3n) is 5.55. The number of rotatable bonds is 5. The van der Waals surface area contributed by atoms with Crippen molar-refractivity contribution in [3.8, 4) is 0 Å². The lowest BCUT2D eigenvalue weighted by atomic mass is 9.74. The molecule has 3 rings (SSSR count). The fraction of sp³-hybridized carbons (Fsp3) is 0.941. The number of hydrogen-bond donors (Lipinski definition) is 0. The summed E-state index contributed by atoms with van der Waals surface area (Å²) in [5, 5.41) is 0. The molecular formula is C17H28O3. The molecule has 1 aliphatic heterocycles. The molecule has 0 aromatic heterocycles. The summed E-state index contributed by atoms with van der Waals surface area (Å²) in [6.45, 7) is 3.64. The van der Waals surface area contributed by atoms with E-state index in [1.807, 2.05) is 6.92 Å². The summed E-state index contributed by atoms with van der Waals surface area (Å²) in [5.41, 5.74) is 0.0754. The molecule has 3 nitrogen and oxygen atoms in total. The van der Waals surface area contributed by atoms with Crippen LogP contribution in [0.1, 0.15) is 64.7 Å². The molecular weight excluding hydrogens is 252 g/mol. The molecule has 1 heterocycles. The summed E-state index contributed by atoms with van der Waals surface area (Å²) in [5.74, 6) is 1.36. The summed E-state index contributed by atoms with van der Waals surface area (Å²) in [4.78, 5) is 12.5. The molecule has 114 valence electrons. The molecule has 2 saturated carbocycles. The van der Waals surface area contributed by atoms with Gasteiger partial charge in [0.15, 0.2) is 0 Å². The standard InChI is InChI=1S/C17H28O3/c1-2-19-15-9-13(10-15)11-16(18)14-5-8-20-17(12-14)6-3-4-7-17/h13-15H,2-12H2,1H3. The highest BCUT2D eigenvalue weighted by molar-refractivity contribution is 5.81. The Morgan fingerprint density at radius 1 is 1.30 bits per heavy atom. The van der Waals surface area contributed by atoms with Crippen LogP contribution in [0.25, 0.3) is 0 Å². The predicted molar refractivity (Wildman–Crippen MR) is 77.6 cm³/mol. The quantitative estimate of drug-likeness (QED) is 0.773. The molecule has 2 aliphatic carbocycles. The van der Waals surface area contributed by atoms with Crippen molar-refractivity contribution in [1.82, 2.24) is 0 Å². The Labute approximate surface area is 122 Å². The first-order valence-electron chi connectivity index (χ1n) is 8.49. The largest absolute Gasteiger partial charge is 0.378 e. The van der Waals surface area contributed by atoms with Crippen LogP contribution in [0.4, 0.5) is 0 Å². The molecule has 0 bridgehead atoms. The lowest BCUT2D eigenvalue weighted by Crippen LogP contribution is -2.41. The first-order chi connectivity index (χ1) is 9.71. The molecule has 1 atom stereocenters. The van der Waals surface area contributed by atoms with Crippen LogP contribution in [0.15, 0.2) is 0 Å². The summed E-state index contributed by atoms with van der Waals surface area (Å²) < 4.78 is 11.6. The van der Waals surface area contributed by atoms with E-state index >= 15 is 0 Å². The number of ketones is 1. The molecule has 0 amide bonds. The lowest BCUT2D eigenvalue weighted by molar-refractivity contribution is -0.139. The molecule has 0 radical (unpaired) electrons. The monoisotopic (exact) mass is 280 g/mol. The Bertz CT molecular complexity index is 340. The third-order valence-corrected chi connectivity index (χ3v) is 5.55. The first-order valence-corrected chi connectivity index (χ1v) is 8.49. The number of carbonyl (C=O) groups is 1. The maximum absolute atomic E-state index is 12.5. The Kier molecular flexibility index (Phi) is 4.46. The Morgan fingerprint density at radius 3 is 2.75 bits per heavy atom. The second kappa shape index (κ2) is 6.15. The van der Waals surface area contributed by atoms with Crippen LogP contribution in [0.3, 0.4) is 0 Å². The van der Waals surface area contributed by atoms with E-state index in [9.17, 15) is 4.79 Å². The van der Waals surface area contributed by atoms with Crippen molar-refractivity contribution in [2.24, 2.45) is 11.8 Å². The second-order valence-corrected chi connectivity index (χ2v) is 7.01. The van der Waals surface area contributed by atoms with Crippen LogP contribution in [0, 0.1) is 11.8 Å². The highest BCUT2D eigenvalue weighted by Crippen LogP contribution is 2.43. The van der Waals surface area contributed by atoms with Gasteiger partial charge in [-0.2, -0.15) is 0 Å². The Morgan fingerprint density at radius 2 is 2.05 bits per heavy atom. The molecule has 0 aromatic carbocycles. The van der Waals surface area contributed by atoms with Crippen molar-refractivity contribution in [3.05, 3.63) is 0 Å². The zero-order valence-corrected chi connectivity index (χ0v) is 12.7. The minimum Gasteiger partial charge on any atom is -0.378 e. The molecule has 0 N–H and O–H groups in total. The summed E-state index contributed by atoms with van der Waals surface area (Å²) in [7, 11) is 0. The van der Waals surface area contributed by atoms with Gasteiger partial charge in [-0.15, -0.1) is 0 Å². The molecule has 3 fully saturated rings. The van der Waals surface area contributed by atoms with Crippen LogP contribution in [0.2, 0.25) is 0 Å². The van der Waals surface area contributed by atoms with Gasteiger partial charge in [0.1, 0.15) is 5.78 Å². The summed E-state index contributed by atoms with van der Waals surface area (Å²) in [6.07, 6.45) is 10.2. The van der Waals surface area contributed by atoms with Crippen LogP contribution in [-0.4, -0.2) is 30.7 Å². The van der Waals surface area contributed by atoms with E-state index in [1.165, 1.54) is 25.7 Å². The minimum atomic E-state index is 0.0754. The van der Waals surface area contributed by atoms with Crippen molar-refractivity contribution in [3.63, 3.8) is 0 Å². The Balaban J connectivity index is 1.45. The van der Waals surface area contributed by atoms with Gasteiger partial charge in [0.25, 0.3) is 0 Å². The molecule has 3 heteroatoms. The van der Waals surface area contributed by atoms with Gasteiger partial charge in [0.05, 0.1) is 11.7 Å². The average molecular weight is 280 g/mol. The van der Waals surface area contributed by atoms with Crippen molar-refractivity contribution in [2.75, 3.05) is 13.2 Å². The first kappa shape index (κ1) is 14.5. The fourth-order valence-corrected chi connectivity index (χ4v) is 4.33. The molecule has 1 unspecified atom stereocenters. The normalized spacial score (nSPS) is 36.0. The van der Waals surface area contributed by atoms with Gasteiger partial charge in [0, 0.05) is 25.6 Å². The van der Waals surface area contributed by atoms with Crippen molar-refractivity contribution in [1.29, 1.82) is 0 Å². The van der Waals surface area contributed by atoms with Crippen molar-refractivity contribution >= 4 is 5.78 Å². The molecule has 3 aliphatic rings. The van der Waals surface area contributed by atoms with Gasteiger partial charge in [0.2, 0.25) is 0 Å². The van der Waals surface area contributed by atoms with E-state index in [2.05, 4.69) is 0 Å². The van der Waals surface area contributed by atoms with Crippen LogP contribution < -0.4 is 0 Å². The van der Waals surface area contributed by atoms with E-state index in [-0.39, 0.29) is 11.5 Å². The van der Waals surface area contributed by atoms with Gasteiger partial charge < -0.3 is 9.47 Å². The summed E-state index contributed by atoms with van der Waals surface area (Å²) >= 11 is 0. The highest BCUT2D eigenvalue weighted by atomic mass is 16.5. The lowest BCUT2D eigenvalue weighted by Gasteiger charge is -2.39. The number of hydrogen-bond acceptors (Lipinski definition) is 3. The molecule has 0 aromatic rings. The zero-order chi connectivity index (χ0) is 14.0. The number of carbonyl (C=O) groups excluding carboxylic acids is 1. The topological polar surface area (TPSA) is 35.5 Å². The Hall–Kier alpha value is -0.410. The van der Waals surface area contributed by atoms with Crippen molar-refractivity contribution < 1.29 is 14.3 Å². The number of ether oxygens (including phenoxy) is 2. The fourth-order valence-electron chi connectivity index (χ4n) is 4.33. The maximum atomic E-state index is 12.5. The smallest absolute Gasteiger partial charge is 0.136 e. The van der Waals surface area contributed by atoms with E-state index in [4.69, 9.17) is 9.47 Å². The predicted octanol–water partition coefficient (Wildman–Crippen LogP) is 3.50. The van der Waals surface area contributed by atoms with E-state index < -0.39 is 0 Å². The van der Waals surface area contributed by atoms with Crippen molar-refractivity contribution in [2.45, 2.75) is 76.4 Å². The summed E-state index contributed by atoms with van der Waals surface area (Å²) in [6, 6.07) is 0. The van der Waals surface area contributed by atoms with Crippen LogP contribution >= 0.6 is 0 Å². The average Bonchev–Trinajstić information content (AvgIpc) is 2.84. The van der Waals surface area contributed by atoms with Gasteiger partial charge in [-0.1, -0.05) is 12.8 Å². The molecule has 1 spiro atoms. The molecule has 20 heavy (non-hydrogen) atoms. The van der Waals surface area contributed by atoms with Gasteiger partial charge in [-0.25, -0.2) is 0 Å². The zero-order valence-electron chi connectivity index (χ0n) is 12.7. The van der Waals surface area contributed by atoms with Gasteiger partial charge >= 0.3 is 0 Å². The van der Waals surface area contributed by atoms with E-state index in [0.29, 0.717) is 17.8 Å². The number of Topliss-reactive ketones (excluding diaryl/α,β-unsaturated/α-hetero) is 1. The highest BCUT2D eigenvalue weighted by Gasteiger charge is 2.42. The van der Waals surface area contributed by atoms with Crippen LogP contribution in [0.5, 0.6) is 0 Å². The van der Waals surface area contributed by atoms with E-state index in [0.717, 1.165) is 45.3 Å². The van der Waals surface area contributed by atoms with Crippen LogP contribution in [-0.2, 0) is 14.3 Å². The van der Waals surface area contributed by atoms with Gasteiger partial charge in [-0.05, 0) is 51.4 Å². The minimum absolute atomic E-state index is 0.0754. The third kappa shape index (κ3) is 3.09. The maximum Gasteiger partial charge on any atom is 0.136 e. The second-order valence-electron chi connectivity index (χ2n) is 7.01. The SMILES string of the molecule is CCOC1CC(CC(=O)C2CCOC3(CCCC3)C2)C1. The van der Waals surface area contributed by atoms with E-state index in [1.54, 1.807) is 0 Å². The molecule has 1 saturated heterocycles. The van der Waals surface area contributed by atoms with Gasteiger partial charge in [-0.3, -0.25) is 4.79 Å².